The van der Waals surface area contributed by atoms with Gasteiger partial charge in [-0.05, 0) is 79.6 Å². The maximum atomic E-state index is 12.4. The third kappa shape index (κ3) is 6.23. The number of nitrogens with one attached hydrogen (secondary N) is 1. The molecule has 2 fully saturated rings. The van der Waals surface area contributed by atoms with Crippen LogP contribution in [0.15, 0.2) is 36.4 Å². The molecular weight excluding hydrogens is 417 g/mol. The SMILES string of the molecule is CC.N=C(c1ccc2cc(OC(F)(F)F)ccc2c1)C1CCCN(C2CCC(O)CC2)C1. The Morgan fingerprint density at radius 3 is 2.34 bits per heavy atom. The van der Waals surface area contributed by atoms with Crippen LogP contribution in [0, 0.1) is 11.3 Å². The van der Waals surface area contributed by atoms with Crippen LogP contribution in [0.1, 0.15) is 57.9 Å². The van der Waals surface area contributed by atoms with Gasteiger partial charge in [0.25, 0.3) is 0 Å². The topological polar surface area (TPSA) is 56.5 Å². The molecule has 0 amide bonds. The van der Waals surface area contributed by atoms with Gasteiger partial charge >= 0.3 is 6.36 Å². The summed E-state index contributed by atoms with van der Waals surface area (Å²) in [7, 11) is 0. The highest BCUT2D eigenvalue weighted by Gasteiger charge is 2.32. The van der Waals surface area contributed by atoms with Crippen LogP contribution in [-0.4, -0.2) is 47.3 Å². The summed E-state index contributed by atoms with van der Waals surface area (Å²) in [5, 5.41) is 20.0. The van der Waals surface area contributed by atoms with Crippen LogP contribution in [0.3, 0.4) is 0 Å². The number of hydrogen-bond acceptors (Lipinski definition) is 4. The average molecular weight is 451 g/mol. The number of rotatable bonds is 4. The molecule has 176 valence electrons. The van der Waals surface area contributed by atoms with Crippen molar-refractivity contribution in [2.45, 2.75) is 70.9 Å². The zero-order chi connectivity index (χ0) is 23.3. The molecule has 4 nitrogen and oxygen atoms in total. The molecule has 1 heterocycles. The number of fused-ring (bicyclic) bond motifs is 1. The summed E-state index contributed by atoms with van der Waals surface area (Å²) in [6, 6.07) is 10.2. The van der Waals surface area contributed by atoms with Crippen LogP contribution in [0.2, 0.25) is 0 Å². The molecule has 2 aliphatic rings. The van der Waals surface area contributed by atoms with Gasteiger partial charge in [0, 0.05) is 24.2 Å². The van der Waals surface area contributed by atoms with Gasteiger partial charge in [0.05, 0.1) is 6.10 Å². The fourth-order valence-electron chi connectivity index (χ4n) is 4.82. The number of ether oxygens (including phenoxy) is 1. The molecule has 1 unspecified atom stereocenters. The fraction of sp³-hybridized carbons (Fsp3) is 0.560. The van der Waals surface area contributed by atoms with Crippen molar-refractivity contribution in [2.75, 3.05) is 13.1 Å². The summed E-state index contributed by atoms with van der Waals surface area (Å²) in [6.45, 7) is 5.90. The second-order valence-corrected chi connectivity index (χ2v) is 8.48. The Hall–Kier alpha value is -2.12. The second-order valence-electron chi connectivity index (χ2n) is 8.48. The number of hydrogen-bond donors (Lipinski definition) is 2. The monoisotopic (exact) mass is 450 g/mol. The summed E-state index contributed by atoms with van der Waals surface area (Å²) in [5.41, 5.74) is 1.41. The van der Waals surface area contributed by atoms with Crippen LogP contribution >= 0.6 is 0 Å². The van der Waals surface area contributed by atoms with E-state index < -0.39 is 6.36 Å². The van der Waals surface area contributed by atoms with Crippen molar-refractivity contribution in [3.63, 3.8) is 0 Å². The van der Waals surface area contributed by atoms with Gasteiger partial charge in [-0.1, -0.05) is 32.0 Å². The van der Waals surface area contributed by atoms with E-state index >= 15 is 0 Å². The Bertz CT molecular complexity index is 908. The number of likely N-dealkylation sites (tertiary alicyclic amines) is 1. The van der Waals surface area contributed by atoms with Gasteiger partial charge < -0.3 is 15.3 Å². The molecular formula is C25H33F3N2O2. The van der Waals surface area contributed by atoms with Crippen molar-refractivity contribution in [2.24, 2.45) is 5.92 Å². The normalized spacial score (nSPS) is 24.5. The van der Waals surface area contributed by atoms with E-state index in [1.54, 1.807) is 12.1 Å². The van der Waals surface area contributed by atoms with Gasteiger partial charge in [-0.15, -0.1) is 13.2 Å². The van der Waals surface area contributed by atoms with Crippen LogP contribution in [-0.2, 0) is 0 Å². The van der Waals surface area contributed by atoms with Crippen molar-refractivity contribution in [1.29, 1.82) is 5.41 Å². The van der Waals surface area contributed by atoms with E-state index in [2.05, 4.69) is 9.64 Å². The molecule has 0 radical (unpaired) electrons. The molecule has 1 atom stereocenters. The van der Waals surface area contributed by atoms with Crippen molar-refractivity contribution >= 4 is 16.5 Å². The van der Waals surface area contributed by atoms with Gasteiger partial charge in [-0.25, -0.2) is 0 Å². The van der Waals surface area contributed by atoms with Gasteiger partial charge in [-0.2, -0.15) is 0 Å². The van der Waals surface area contributed by atoms with Gasteiger partial charge in [-0.3, -0.25) is 4.90 Å². The van der Waals surface area contributed by atoms with Crippen molar-refractivity contribution in [1.82, 2.24) is 4.90 Å². The Morgan fingerprint density at radius 1 is 1.00 bits per heavy atom. The highest BCUT2D eigenvalue weighted by molar-refractivity contribution is 6.03. The maximum Gasteiger partial charge on any atom is 0.573 e. The quantitative estimate of drug-likeness (QED) is 0.550. The Morgan fingerprint density at radius 2 is 1.66 bits per heavy atom. The molecule has 2 N–H and O–H groups in total. The van der Waals surface area contributed by atoms with Crippen LogP contribution < -0.4 is 4.74 Å². The first-order chi connectivity index (χ1) is 15.3. The lowest BCUT2D eigenvalue weighted by Gasteiger charge is -2.41. The summed E-state index contributed by atoms with van der Waals surface area (Å²) in [6.07, 6.45) is 0.888. The molecule has 0 spiro atoms. The first-order valence-corrected chi connectivity index (χ1v) is 11.6. The minimum atomic E-state index is -4.71. The molecule has 0 aromatic heterocycles. The van der Waals surface area contributed by atoms with Crippen molar-refractivity contribution in [3.8, 4) is 5.75 Å². The summed E-state index contributed by atoms with van der Waals surface area (Å²) >= 11 is 0. The van der Waals surface area contributed by atoms with E-state index in [1.165, 1.54) is 12.1 Å². The number of halogens is 3. The highest BCUT2D eigenvalue weighted by Crippen LogP contribution is 2.31. The van der Waals surface area contributed by atoms with Gasteiger partial charge in [0.2, 0.25) is 0 Å². The van der Waals surface area contributed by atoms with Crippen LogP contribution in [0.25, 0.3) is 10.8 Å². The minimum Gasteiger partial charge on any atom is -0.406 e. The molecule has 1 saturated carbocycles. The number of aliphatic hydroxyl groups is 1. The third-order valence-electron chi connectivity index (χ3n) is 6.40. The smallest absolute Gasteiger partial charge is 0.406 e. The third-order valence-corrected chi connectivity index (χ3v) is 6.40. The fourth-order valence-corrected chi connectivity index (χ4v) is 4.82. The Labute approximate surface area is 187 Å². The lowest BCUT2D eigenvalue weighted by molar-refractivity contribution is -0.274. The van der Waals surface area contributed by atoms with E-state index in [9.17, 15) is 18.3 Å². The highest BCUT2D eigenvalue weighted by atomic mass is 19.4. The van der Waals surface area contributed by atoms with Gasteiger partial charge in [0.1, 0.15) is 5.75 Å². The summed E-state index contributed by atoms with van der Waals surface area (Å²) in [4.78, 5) is 2.48. The average Bonchev–Trinajstić information content (AvgIpc) is 2.79. The molecule has 4 rings (SSSR count). The Balaban J connectivity index is 0.00000141. The molecule has 1 aliphatic heterocycles. The summed E-state index contributed by atoms with van der Waals surface area (Å²) in [5.74, 6) is -0.0887. The van der Waals surface area contributed by atoms with E-state index in [0.717, 1.165) is 62.6 Å². The largest absolute Gasteiger partial charge is 0.573 e. The standard InChI is InChI=1S/C23H27F3N2O2.C2H6/c24-23(25,26)30-21-10-5-15-12-17(4-3-16(15)13-21)22(27)18-2-1-11-28(14-18)19-6-8-20(29)9-7-19;1-2/h3-5,10,12-13,18-20,27,29H,1-2,6-9,11,14H2;1-2H3. The first kappa shape index (κ1) is 24.5. The zero-order valence-electron chi connectivity index (χ0n) is 18.8. The van der Waals surface area contributed by atoms with Crippen molar-refractivity contribution < 1.29 is 23.0 Å². The van der Waals surface area contributed by atoms with E-state index in [1.807, 2.05) is 26.0 Å². The lowest BCUT2D eigenvalue weighted by atomic mass is 9.85. The van der Waals surface area contributed by atoms with E-state index in [0.29, 0.717) is 17.1 Å². The minimum absolute atomic E-state index is 0.149. The predicted molar refractivity (Wildman–Crippen MR) is 121 cm³/mol. The van der Waals surface area contributed by atoms with Gasteiger partial charge in [0.15, 0.2) is 0 Å². The molecule has 0 bridgehead atoms. The molecule has 2 aromatic rings. The van der Waals surface area contributed by atoms with E-state index in [4.69, 9.17) is 5.41 Å². The molecule has 1 saturated heterocycles. The van der Waals surface area contributed by atoms with Crippen LogP contribution in [0.5, 0.6) is 5.75 Å². The number of benzene rings is 2. The Kier molecular flexibility index (Phi) is 8.17. The number of alkyl halides is 3. The first-order valence-electron chi connectivity index (χ1n) is 11.6. The van der Waals surface area contributed by atoms with Crippen molar-refractivity contribution in [3.05, 3.63) is 42.0 Å². The number of aliphatic hydroxyl groups excluding tert-OH is 1. The molecule has 2 aromatic carbocycles. The molecule has 1 aliphatic carbocycles. The van der Waals surface area contributed by atoms with E-state index in [-0.39, 0.29) is 17.8 Å². The predicted octanol–water partition coefficient (Wildman–Crippen LogP) is 6.15. The van der Waals surface area contributed by atoms with Crippen LogP contribution in [0.4, 0.5) is 13.2 Å². The summed E-state index contributed by atoms with van der Waals surface area (Å²) < 4.78 is 41.3. The number of nitrogens with zero attached hydrogens (tertiary/aromatic N) is 1. The zero-order valence-corrected chi connectivity index (χ0v) is 18.8. The maximum absolute atomic E-state index is 12.4. The molecule has 32 heavy (non-hydrogen) atoms. The molecule has 7 heteroatoms. The number of piperidine rings is 1. The lowest BCUT2D eigenvalue weighted by Crippen LogP contribution is -2.46. The second kappa shape index (κ2) is 10.7.